The first-order valence-electron chi connectivity index (χ1n) is 8.79. The molecule has 0 radical (unpaired) electrons. The van der Waals surface area contributed by atoms with Crippen molar-refractivity contribution in [3.63, 3.8) is 0 Å². The number of aromatic nitrogens is 1. The highest BCUT2D eigenvalue weighted by atomic mass is 32.2. The topological polar surface area (TPSA) is 53.5 Å². The Morgan fingerprint density at radius 3 is 2.25 bits per heavy atom. The van der Waals surface area contributed by atoms with E-state index in [0.717, 1.165) is 25.3 Å². The van der Waals surface area contributed by atoms with Crippen molar-refractivity contribution in [1.82, 2.24) is 9.29 Å². The SMILES string of the molecule is CC(C)N(C(C)C)S(=O)(=O)c1ccc(N2CCCC(C)(C)C2)nc1. The van der Waals surface area contributed by atoms with E-state index >= 15 is 0 Å². The van der Waals surface area contributed by atoms with E-state index in [-0.39, 0.29) is 22.4 Å². The van der Waals surface area contributed by atoms with Gasteiger partial charge in [-0.05, 0) is 58.1 Å². The van der Waals surface area contributed by atoms with Gasteiger partial charge in [0.2, 0.25) is 10.0 Å². The van der Waals surface area contributed by atoms with Crippen molar-refractivity contribution < 1.29 is 8.42 Å². The highest BCUT2D eigenvalue weighted by Crippen LogP contribution is 2.31. The standard InChI is InChI=1S/C18H31N3O2S/c1-14(2)21(15(3)4)24(22,23)16-8-9-17(19-12-16)20-11-7-10-18(5,6)13-20/h8-9,12,14-15H,7,10-11,13H2,1-6H3. The van der Waals surface area contributed by atoms with Gasteiger partial charge in [-0.15, -0.1) is 0 Å². The molecule has 1 aliphatic heterocycles. The van der Waals surface area contributed by atoms with Gasteiger partial charge in [-0.1, -0.05) is 13.8 Å². The fourth-order valence-corrected chi connectivity index (χ4v) is 5.38. The van der Waals surface area contributed by atoms with Crippen molar-refractivity contribution in [2.24, 2.45) is 5.41 Å². The molecule has 0 bridgehead atoms. The molecule has 5 nitrogen and oxygen atoms in total. The van der Waals surface area contributed by atoms with Crippen LogP contribution in [0.5, 0.6) is 0 Å². The normalized spacial score (nSPS) is 18.6. The Hall–Kier alpha value is -1.14. The molecule has 24 heavy (non-hydrogen) atoms. The summed E-state index contributed by atoms with van der Waals surface area (Å²) in [6.45, 7) is 14.1. The van der Waals surface area contributed by atoms with Gasteiger partial charge in [-0.2, -0.15) is 4.31 Å². The van der Waals surface area contributed by atoms with Crippen molar-refractivity contribution in [3.8, 4) is 0 Å². The third kappa shape index (κ3) is 4.09. The Kier molecular flexibility index (Phi) is 5.60. The summed E-state index contributed by atoms with van der Waals surface area (Å²) in [4.78, 5) is 6.98. The molecule has 2 rings (SSSR count). The molecule has 0 unspecified atom stereocenters. The number of nitrogens with zero attached hydrogens (tertiary/aromatic N) is 3. The number of hydrogen-bond donors (Lipinski definition) is 0. The molecule has 0 amide bonds. The van der Waals surface area contributed by atoms with Gasteiger partial charge < -0.3 is 4.90 Å². The quantitative estimate of drug-likeness (QED) is 0.813. The molecule has 0 spiro atoms. The second-order valence-corrected chi connectivity index (χ2v) is 9.91. The first kappa shape index (κ1) is 19.2. The molecule has 136 valence electrons. The highest BCUT2D eigenvalue weighted by Gasteiger charge is 2.31. The third-order valence-electron chi connectivity index (χ3n) is 4.54. The Morgan fingerprint density at radius 1 is 1.17 bits per heavy atom. The third-order valence-corrected chi connectivity index (χ3v) is 6.77. The molecular weight excluding hydrogens is 322 g/mol. The zero-order valence-electron chi connectivity index (χ0n) is 15.8. The lowest BCUT2D eigenvalue weighted by molar-refractivity contribution is 0.292. The fourth-order valence-electron chi connectivity index (χ4n) is 3.60. The van der Waals surface area contributed by atoms with Gasteiger partial charge in [0.25, 0.3) is 0 Å². The Morgan fingerprint density at radius 2 is 1.79 bits per heavy atom. The maximum absolute atomic E-state index is 12.9. The predicted octanol–water partition coefficient (Wildman–Crippen LogP) is 3.52. The fraction of sp³-hybridized carbons (Fsp3) is 0.722. The van der Waals surface area contributed by atoms with E-state index < -0.39 is 10.0 Å². The Balaban J connectivity index is 2.25. The average molecular weight is 354 g/mol. The first-order valence-corrected chi connectivity index (χ1v) is 10.2. The maximum Gasteiger partial charge on any atom is 0.245 e. The number of rotatable bonds is 5. The summed E-state index contributed by atoms with van der Waals surface area (Å²) < 4.78 is 27.3. The van der Waals surface area contributed by atoms with Crippen molar-refractivity contribution in [1.29, 1.82) is 0 Å². The molecule has 1 aromatic rings. The van der Waals surface area contributed by atoms with Crippen LogP contribution in [-0.2, 0) is 10.0 Å². The van der Waals surface area contributed by atoms with Gasteiger partial charge in [0.1, 0.15) is 10.7 Å². The van der Waals surface area contributed by atoms with Crippen LogP contribution in [0.4, 0.5) is 5.82 Å². The van der Waals surface area contributed by atoms with Gasteiger partial charge in [-0.25, -0.2) is 13.4 Å². The van der Waals surface area contributed by atoms with Crippen LogP contribution in [0.3, 0.4) is 0 Å². The van der Waals surface area contributed by atoms with E-state index in [1.165, 1.54) is 16.9 Å². The summed E-state index contributed by atoms with van der Waals surface area (Å²) >= 11 is 0. The van der Waals surface area contributed by atoms with E-state index in [1.807, 2.05) is 33.8 Å². The number of sulfonamides is 1. The van der Waals surface area contributed by atoms with Crippen LogP contribution >= 0.6 is 0 Å². The minimum Gasteiger partial charge on any atom is -0.356 e. The molecule has 6 heteroatoms. The minimum atomic E-state index is -3.52. The molecule has 0 aromatic carbocycles. The van der Waals surface area contributed by atoms with Crippen molar-refractivity contribution >= 4 is 15.8 Å². The van der Waals surface area contributed by atoms with Crippen molar-refractivity contribution in [2.45, 2.75) is 71.4 Å². The second kappa shape index (κ2) is 7.00. The van der Waals surface area contributed by atoms with Crippen LogP contribution in [0.2, 0.25) is 0 Å². The van der Waals surface area contributed by atoms with Gasteiger partial charge in [0, 0.05) is 31.4 Å². The second-order valence-electron chi connectivity index (χ2n) is 8.06. The van der Waals surface area contributed by atoms with Gasteiger partial charge >= 0.3 is 0 Å². The summed E-state index contributed by atoms with van der Waals surface area (Å²) in [5, 5.41) is 0. The van der Waals surface area contributed by atoms with Gasteiger partial charge in [0.05, 0.1) is 0 Å². The molecule has 1 aliphatic rings. The van der Waals surface area contributed by atoms with E-state index in [1.54, 1.807) is 6.07 Å². The lowest BCUT2D eigenvalue weighted by atomic mass is 9.84. The molecular formula is C18H31N3O2S. The molecule has 0 N–H and O–H groups in total. The number of hydrogen-bond acceptors (Lipinski definition) is 4. The zero-order chi connectivity index (χ0) is 18.1. The first-order chi connectivity index (χ1) is 11.0. The summed E-state index contributed by atoms with van der Waals surface area (Å²) in [7, 11) is -3.52. The van der Waals surface area contributed by atoms with E-state index in [4.69, 9.17) is 0 Å². The molecule has 0 aliphatic carbocycles. The molecule has 2 heterocycles. The molecule has 0 saturated carbocycles. The van der Waals surface area contributed by atoms with Gasteiger partial charge in [0.15, 0.2) is 0 Å². The number of pyridine rings is 1. The Labute approximate surface area is 147 Å². The summed E-state index contributed by atoms with van der Waals surface area (Å²) in [6, 6.07) is 3.36. The summed E-state index contributed by atoms with van der Waals surface area (Å²) in [6.07, 6.45) is 3.86. The van der Waals surface area contributed by atoms with E-state index in [2.05, 4.69) is 23.7 Å². The average Bonchev–Trinajstić information content (AvgIpc) is 2.45. The van der Waals surface area contributed by atoms with E-state index in [0.29, 0.717) is 0 Å². The Bertz CT molecular complexity index is 643. The maximum atomic E-state index is 12.9. The van der Waals surface area contributed by atoms with Crippen LogP contribution in [0.1, 0.15) is 54.4 Å². The predicted molar refractivity (Wildman–Crippen MR) is 98.8 cm³/mol. The lowest BCUT2D eigenvalue weighted by Gasteiger charge is -2.38. The smallest absolute Gasteiger partial charge is 0.245 e. The molecule has 0 atom stereocenters. The van der Waals surface area contributed by atoms with Crippen molar-refractivity contribution in [2.75, 3.05) is 18.0 Å². The van der Waals surface area contributed by atoms with Crippen LogP contribution in [0, 0.1) is 5.41 Å². The van der Waals surface area contributed by atoms with Gasteiger partial charge in [-0.3, -0.25) is 0 Å². The summed E-state index contributed by atoms with van der Waals surface area (Å²) in [5.41, 5.74) is 0.275. The van der Waals surface area contributed by atoms with E-state index in [9.17, 15) is 8.42 Å². The lowest BCUT2D eigenvalue weighted by Crippen LogP contribution is -2.42. The monoisotopic (exact) mass is 353 g/mol. The van der Waals surface area contributed by atoms with Crippen LogP contribution in [0.25, 0.3) is 0 Å². The molecule has 1 aromatic heterocycles. The largest absolute Gasteiger partial charge is 0.356 e. The molecule has 1 saturated heterocycles. The number of anilines is 1. The zero-order valence-corrected chi connectivity index (χ0v) is 16.6. The molecule has 1 fully saturated rings. The minimum absolute atomic E-state index is 0.0856. The summed E-state index contributed by atoms with van der Waals surface area (Å²) in [5.74, 6) is 0.863. The highest BCUT2D eigenvalue weighted by molar-refractivity contribution is 7.89. The van der Waals surface area contributed by atoms with Crippen molar-refractivity contribution in [3.05, 3.63) is 18.3 Å². The van der Waals surface area contributed by atoms with Crippen LogP contribution in [-0.4, -0.2) is 42.9 Å². The number of piperidine rings is 1. The van der Waals surface area contributed by atoms with Crippen LogP contribution in [0.15, 0.2) is 23.2 Å². The van der Waals surface area contributed by atoms with Crippen LogP contribution < -0.4 is 4.90 Å².